The van der Waals surface area contributed by atoms with E-state index in [4.69, 9.17) is 17.3 Å². The largest absolute Gasteiger partial charge is 0.375 e. The number of halogens is 2. The Morgan fingerprint density at radius 1 is 1.85 bits per heavy atom. The number of thiocarbonyl (C=S) groups is 1. The fourth-order valence-electron chi connectivity index (χ4n) is 0.586. The van der Waals surface area contributed by atoms with Crippen molar-refractivity contribution < 1.29 is 0 Å². The first-order valence-electron chi connectivity index (χ1n) is 3.13. The van der Waals surface area contributed by atoms with Gasteiger partial charge < -0.3 is 5.73 Å². The molecule has 0 atom stereocenters. The number of hydrogen-bond acceptors (Lipinski definition) is 3. The topological polar surface area (TPSA) is 50.4 Å². The second-order valence-corrected chi connectivity index (χ2v) is 4.98. The van der Waals surface area contributed by atoms with E-state index < -0.39 is 0 Å². The highest BCUT2D eigenvalue weighted by molar-refractivity contribution is 9.10. The Hall–Kier alpha value is -0.170. The van der Waals surface area contributed by atoms with Crippen LogP contribution in [0.5, 0.6) is 0 Å². The first kappa shape index (κ1) is 10.9. The standard InChI is InChI=1S/C6H5BrClN3S2/c7-4-1-3(13-5(4)8)2-10-11-6(9)12/h1-2H,(H3,9,11,12). The van der Waals surface area contributed by atoms with Gasteiger partial charge >= 0.3 is 0 Å². The molecule has 70 valence electrons. The summed E-state index contributed by atoms with van der Waals surface area (Å²) in [6.07, 6.45) is 1.60. The maximum atomic E-state index is 5.81. The van der Waals surface area contributed by atoms with Crippen molar-refractivity contribution in [3.63, 3.8) is 0 Å². The Labute approximate surface area is 98.1 Å². The molecule has 0 fully saturated rings. The number of thiophene rings is 1. The van der Waals surface area contributed by atoms with Crippen molar-refractivity contribution in [3.05, 3.63) is 19.8 Å². The van der Waals surface area contributed by atoms with Crippen molar-refractivity contribution in [2.75, 3.05) is 0 Å². The van der Waals surface area contributed by atoms with Crippen LogP contribution in [0.3, 0.4) is 0 Å². The van der Waals surface area contributed by atoms with Crippen LogP contribution >= 0.6 is 51.1 Å². The molecule has 0 aliphatic heterocycles. The molecule has 0 aliphatic carbocycles. The minimum Gasteiger partial charge on any atom is -0.375 e. The van der Waals surface area contributed by atoms with Gasteiger partial charge in [0.15, 0.2) is 5.11 Å². The number of hydrazone groups is 1. The van der Waals surface area contributed by atoms with Gasteiger partial charge in [-0.25, -0.2) is 0 Å². The summed E-state index contributed by atoms with van der Waals surface area (Å²) >= 11 is 15.1. The molecule has 0 saturated carbocycles. The first-order chi connectivity index (χ1) is 6.09. The van der Waals surface area contributed by atoms with Gasteiger partial charge in [-0.05, 0) is 34.2 Å². The van der Waals surface area contributed by atoms with Crippen LogP contribution in [0.15, 0.2) is 15.6 Å². The van der Waals surface area contributed by atoms with Crippen molar-refractivity contribution >= 4 is 62.4 Å². The molecule has 0 spiro atoms. The zero-order chi connectivity index (χ0) is 9.84. The van der Waals surface area contributed by atoms with Gasteiger partial charge in [0.25, 0.3) is 0 Å². The second-order valence-electron chi connectivity index (χ2n) is 2.00. The zero-order valence-corrected chi connectivity index (χ0v) is 10.2. The predicted octanol–water partition coefficient (Wildman–Crippen LogP) is 2.33. The van der Waals surface area contributed by atoms with E-state index in [1.165, 1.54) is 11.3 Å². The first-order valence-corrected chi connectivity index (χ1v) is 5.52. The van der Waals surface area contributed by atoms with Gasteiger partial charge in [-0.15, -0.1) is 11.3 Å². The third-order valence-corrected chi connectivity index (χ3v) is 3.53. The van der Waals surface area contributed by atoms with Gasteiger partial charge in [-0.2, -0.15) is 5.10 Å². The Morgan fingerprint density at radius 3 is 3.00 bits per heavy atom. The molecule has 3 N–H and O–H groups in total. The minimum atomic E-state index is 0.137. The lowest BCUT2D eigenvalue weighted by atomic mass is 10.5. The van der Waals surface area contributed by atoms with Gasteiger partial charge in [0, 0.05) is 9.35 Å². The molecule has 0 aliphatic rings. The van der Waals surface area contributed by atoms with E-state index >= 15 is 0 Å². The fraction of sp³-hybridized carbons (Fsp3) is 0. The maximum absolute atomic E-state index is 5.81. The number of nitrogens with one attached hydrogen (secondary N) is 1. The Bertz CT molecular complexity index is 330. The summed E-state index contributed by atoms with van der Waals surface area (Å²) in [5.41, 5.74) is 7.62. The molecule has 0 aromatic carbocycles. The highest BCUT2D eigenvalue weighted by Crippen LogP contribution is 2.30. The van der Waals surface area contributed by atoms with E-state index in [0.29, 0.717) is 4.34 Å². The molecule has 3 nitrogen and oxygen atoms in total. The summed E-state index contributed by atoms with van der Waals surface area (Å²) in [5.74, 6) is 0. The predicted molar refractivity (Wildman–Crippen MR) is 64.5 cm³/mol. The van der Waals surface area contributed by atoms with Gasteiger partial charge in [0.05, 0.1) is 6.21 Å². The van der Waals surface area contributed by atoms with Crippen LogP contribution in [0, 0.1) is 0 Å². The molecular formula is C6H5BrClN3S2. The average Bonchev–Trinajstić information content (AvgIpc) is 2.30. The van der Waals surface area contributed by atoms with Gasteiger partial charge in [-0.1, -0.05) is 11.6 Å². The lowest BCUT2D eigenvalue weighted by molar-refractivity contribution is 1.04. The Kier molecular flexibility index (Phi) is 4.11. The van der Waals surface area contributed by atoms with Gasteiger partial charge in [-0.3, -0.25) is 5.43 Å². The van der Waals surface area contributed by atoms with Gasteiger partial charge in [0.1, 0.15) is 4.34 Å². The number of nitrogens with two attached hydrogens (primary N) is 1. The second kappa shape index (κ2) is 4.90. The van der Waals surface area contributed by atoms with Crippen molar-refractivity contribution in [1.82, 2.24) is 5.43 Å². The average molecular weight is 299 g/mol. The van der Waals surface area contributed by atoms with Crippen molar-refractivity contribution in [2.45, 2.75) is 0 Å². The highest BCUT2D eigenvalue weighted by atomic mass is 79.9. The van der Waals surface area contributed by atoms with E-state index in [0.717, 1.165) is 9.35 Å². The van der Waals surface area contributed by atoms with E-state index in [2.05, 4.69) is 38.7 Å². The lowest BCUT2D eigenvalue weighted by Gasteiger charge is -1.91. The summed E-state index contributed by atoms with van der Waals surface area (Å²) in [7, 11) is 0. The van der Waals surface area contributed by atoms with E-state index in [-0.39, 0.29) is 5.11 Å². The molecule has 0 radical (unpaired) electrons. The van der Waals surface area contributed by atoms with Crippen molar-refractivity contribution in [2.24, 2.45) is 10.8 Å². The molecule has 0 unspecified atom stereocenters. The Morgan fingerprint density at radius 2 is 2.54 bits per heavy atom. The highest BCUT2D eigenvalue weighted by Gasteiger charge is 2.01. The monoisotopic (exact) mass is 297 g/mol. The van der Waals surface area contributed by atoms with E-state index in [1.807, 2.05) is 6.07 Å². The fourth-order valence-corrected chi connectivity index (χ4v) is 2.25. The molecule has 0 amide bonds. The van der Waals surface area contributed by atoms with Gasteiger partial charge in [0.2, 0.25) is 0 Å². The normalized spacial score (nSPS) is 10.6. The smallest absolute Gasteiger partial charge is 0.184 e. The summed E-state index contributed by atoms with van der Waals surface area (Å²) in [6, 6.07) is 1.86. The summed E-state index contributed by atoms with van der Waals surface area (Å²) in [4.78, 5) is 0.917. The summed E-state index contributed by atoms with van der Waals surface area (Å²) in [6.45, 7) is 0. The maximum Gasteiger partial charge on any atom is 0.184 e. The Balaban J connectivity index is 2.64. The molecule has 0 bridgehead atoms. The van der Waals surface area contributed by atoms with Crippen LogP contribution < -0.4 is 11.2 Å². The molecule has 0 saturated heterocycles. The molecule has 13 heavy (non-hydrogen) atoms. The third-order valence-electron chi connectivity index (χ3n) is 1.03. The molecule has 1 rings (SSSR count). The molecular weight excluding hydrogens is 294 g/mol. The van der Waals surface area contributed by atoms with E-state index in [9.17, 15) is 0 Å². The summed E-state index contributed by atoms with van der Waals surface area (Å²) in [5, 5.41) is 3.92. The number of rotatable bonds is 2. The molecule has 1 aromatic rings. The SMILES string of the molecule is NC(=S)NN=Cc1cc(Br)c(Cl)s1. The zero-order valence-electron chi connectivity index (χ0n) is 6.25. The molecule has 1 aromatic heterocycles. The third kappa shape index (κ3) is 3.60. The number of hydrogen-bond donors (Lipinski definition) is 2. The summed E-state index contributed by atoms with van der Waals surface area (Å²) < 4.78 is 1.55. The van der Waals surface area contributed by atoms with E-state index in [1.54, 1.807) is 6.21 Å². The van der Waals surface area contributed by atoms with Crippen LogP contribution in [0.25, 0.3) is 0 Å². The molecule has 1 heterocycles. The van der Waals surface area contributed by atoms with Crippen LogP contribution in [0.2, 0.25) is 4.34 Å². The lowest BCUT2D eigenvalue weighted by Crippen LogP contribution is -2.23. The van der Waals surface area contributed by atoms with Crippen LogP contribution in [0.1, 0.15) is 4.88 Å². The van der Waals surface area contributed by atoms with Crippen molar-refractivity contribution in [3.8, 4) is 0 Å². The van der Waals surface area contributed by atoms with Crippen molar-refractivity contribution in [1.29, 1.82) is 0 Å². The van der Waals surface area contributed by atoms with Crippen LogP contribution in [-0.2, 0) is 0 Å². The number of nitrogens with zero attached hydrogens (tertiary/aromatic N) is 1. The minimum absolute atomic E-state index is 0.137. The quantitative estimate of drug-likeness (QED) is 0.500. The van der Waals surface area contributed by atoms with Crippen LogP contribution in [0.4, 0.5) is 0 Å². The van der Waals surface area contributed by atoms with Crippen LogP contribution in [-0.4, -0.2) is 11.3 Å². The molecule has 7 heteroatoms.